The van der Waals surface area contributed by atoms with Crippen LogP contribution in [-0.2, 0) is 19.1 Å². The molecule has 2 aromatic rings. The van der Waals surface area contributed by atoms with Crippen molar-refractivity contribution in [2.45, 2.75) is 36.8 Å². The van der Waals surface area contributed by atoms with E-state index in [1.54, 1.807) is 0 Å². The van der Waals surface area contributed by atoms with Crippen LogP contribution >= 0.6 is 23.4 Å². The van der Waals surface area contributed by atoms with E-state index in [9.17, 15) is 23.1 Å². The van der Waals surface area contributed by atoms with E-state index < -0.39 is 23.9 Å². The Kier molecular flexibility index (Phi) is 5.62. The fourth-order valence-corrected chi connectivity index (χ4v) is 4.25. The van der Waals surface area contributed by atoms with Crippen LogP contribution < -0.4 is 0 Å². The van der Waals surface area contributed by atoms with Gasteiger partial charge in [-0.3, -0.25) is 4.90 Å². The summed E-state index contributed by atoms with van der Waals surface area (Å²) in [5, 5.41) is 10.5. The lowest BCUT2D eigenvalue weighted by molar-refractivity contribution is -0.137. The summed E-state index contributed by atoms with van der Waals surface area (Å²) >= 11 is 7.70. The predicted molar refractivity (Wildman–Crippen MR) is 96.3 cm³/mol. The lowest BCUT2D eigenvalue weighted by atomic mass is 9.99. The van der Waals surface area contributed by atoms with Gasteiger partial charge in [0, 0.05) is 13.1 Å². The maximum absolute atomic E-state index is 12.7. The zero-order valence-corrected chi connectivity index (χ0v) is 15.9. The number of rotatable bonds is 4. The number of aromatic nitrogens is 2. The number of aryl methyl sites for hydroxylation is 1. The Hall–Kier alpha value is -1.87. The maximum Gasteiger partial charge on any atom is 0.416 e. The summed E-state index contributed by atoms with van der Waals surface area (Å²) in [4.78, 5) is 17.3. The SMILES string of the molecule is CSc1nc(Cl)c2n1CCN(C(=O)O)C2CCc1ccc(C(F)(F)F)cc1. The molecule has 1 amide bonds. The lowest BCUT2D eigenvalue weighted by Crippen LogP contribution is -2.41. The van der Waals surface area contributed by atoms with Gasteiger partial charge in [0.1, 0.15) is 0 Å². The van der Waals surface area contributed by atoms with Crippen LogP contribution in [0.4, 0.5) is 18.0 Å². The van der Waals surface area contributed by atoms with E-state index in [0.29, 0.717) is 37.2 Å². The van der Waals surface area contributed by atoms with E-state index in [-0.39, 0.29) is 5.15 Å². The number of benzene rings is 1. The number of hydrogen-bond acceptors (Lipinski definition) is 3. The van der Waals surface area contributed by atoms with Gasteiger partial charge in [-0.25, -0.2) is 9.78 Å². The normalized spacial score (nSPS) is 17.1. The van der Waals surface area contributed by atoms with Crippen molar-refractivity contribution >= 4 is 29.5 Å². The van der Waals surface area contributed by atoms with Crippen molar-refractivity contribution in [3.8, 4) is 0 Å². The maximum atomic E-state index is 12.7. The second kappa shape index (κ2) is 7.63. The summed E-state index contributed by atoms with van der Waals surface area (Å²) in [7, 11) is 0. The average molecular weight is 420 g/mol. The van der Waals surface area contributed by atoms with E-state index >= 15 is 0 Å². The van der Waals surface area contributed by atoms with Crippen LogP contribution in [0.3, 0.4) is 0 Å². The number of nitrogens with zero attached hydrogens (tertiary/aromatic N) is 3. The number of amides is 1. The van der Waals surface area contributed by atoms with E-state index in [4.69, 9.17) is 11.6 Å². The summed E-state index contributed by atoms with van der Waals surface area (Å²) in [6.07, 6.45) is -2.75. The molecule has 10 heteroatoms. The van der Waals surface area contributed by atoms with E-state index in [1.807, 2.05) is 10.8 Å². The molecule has 1 unspecified atom stereocenters. The molecule has 0 spiro atoms. The Morgan fingerprint density at radius 2 is 2.00 bits per heavy atom. The third kappa shape index (κ3) is 4.03. The molecule has 1 aromatic carbocycles. The third-order valence-electron chi connectivity index (χ3n) is 4.60. The summed E-state index contributed by atoms with van der Waals surface area (Å²) in [6.45, 7) is 0.772. The Morgan fingerprint density at radius 1 is 1.33 bits per heavy atom. The van der Waals surface area contributed by atoms with Gasteiger partial charge in [0.25, 0.3) is 0 Å². The smallest absolute Gasteiger partial charge is 0.416 e. The first-order chi connectivity index (χ1) is 12.7. The second-order valence-corrected chi connectivity index (χ2v) is 7.28. The van der Waals surface area contributed by atoms with Crippen molar-refractivity contribution in [1.29, 1.82) is 0 Å². The molecule has 1 aliphatic rings. The highest BCUT2D eigenvalue weighted by Crippen LogP contribution is 2.37. The molecule has 0 radical (unpaired) electrons. The number of carbonyl (C=O) groups is 1. The number of imidazole rings is 1. The van der Waals surface area contributed by atoms with Gasteiger partial charge >= 0.3 is 12.3 Å². The van der Waals surface area contributed by atoms with Crippen molar-refractivity contribution in [2.75, 3.05) is 12.8 Å². The summed E-state index contributed by atoms with van der Waals surface area (Å²) in [5.41, 5.74) is 0.634. The minimum absolute atomic E-state index is 0.266. The van der Waals surface area contributed by atoms with Crippen LogP contribution in [0.2, 0.25) is 5.15 Å². The molecule has 27 heavy (non-hydrogen) atoms. The van der Waals surface area contributed by atoms with Gasteiger partial charge in [0.2, 0.25) is 0 Å². The van der Waals surface area contributed by atoms with Crippen molar-refractivity contribution in [3.05, 3.63) is 46.2 Å². The van der Waals surface area contributed by atoms with Crippen LogP contribution in [-0.4, -0.2) is 38.5 Å². The highest BCUT2D eigenvalue weighted by atomic mass is 35.5. The molecule has 0 saturated carbocycles. The van der Waals surface area contributed by atoms with Crippen molar-refractivity contribution in [2.24, 2.45) is 0 Å². The average Bonchev–Trinajstić information content (AvgIpc) is 2.95. The number of carboxylic acid groups (broad SMARTS) is 1. The van der Waals surface area contributed by atoms with E-state index in [1.165, 1.54) is 28.8 Å². The molecular formula is C17H17ClF3N3O2S. The zero-order valence-electron chi connectivity index (χ0n) is 14.3. The van der Waals surface area contributed by atoms with Gasteiger partial charge in [-0.1, -0.05) is 35.5 Å². The first-order valence-corrected chi connectivity index (χ1v) is 9.78. The molecule has 0 saturated heterocycles. The molecule has 0 fully saturated rings. The quantitative estimate of drug-likeness (QED) is 0.713. The number of thioether (sulfide) groups is 1. The fourth-order valence-electron chi connectivity index (χ4n) is 3.30. The van der Waals surface area contributed by atoms with Crippen LogP contribution in [0.25, 0.3) is 0 Å². The molecule has 0 bridgehead atoms. The molecule has 1 N–H and O–H groups in total. The fraction of sp³-hybridized carbons (Fsp3) is 0.412. The first kappa shape index (κ1) is 19.9. The molecule has 5 nitrogen and oxygen atoms in total. The highest BCUT2D eigenvalue weighted by molar-refractivity contribution is 7.98. The van der Waals surface area contributed by atoms with Crippen LogP contribution in [0, 0.1) is 0 Å². The lowest BCUT2D eigenvalue weighted by Gasteiger charge is -2.35. The first-order valence-electron chi connectivity index (χ1n) is 8.18. The Balaban J connectivity index is 1.83. The number of alkyl halides is 3. The summed E-state index contributed by atoms with van der Waals surface area (Å²) in [5.74, 6) is 0. The Bertz CT molecular complexity index is 839. The van der Waals surface area contributed by atoms with Crippen molar-refractivity contribution in [1.82, 2.24) is 14.5 Å². The van der Waals surface area contributed by atoms with Gasteiger partial charge in [0.15, 0.2) is 10.3 Å². The van der Waals surface area contributed by atoms with E-state index in [2.05, 4.69) is 4.98 Å². The molecule has 2 heterocycles. The van der Waals surface area contributed by atoms with Crippen molar-refractivity contribution < 1.29 is 23.1 Å². The summed E-state index contributed by atoms with van der Waals surface area (Å²) < 4.78 is 40.0. The van der Waals surface area contributed by atoms with Crippen LogP contribution in [0.15, 0.2) is 29.4 Å². The summed E-state index contributed by atoms with van der Waals surface area (Å²) in [6, 6.07) is 4.41. The van der Waals surface area contributed by atoms with Crippen molar-refractivity contribution in [3.63, 3.8) is 0 Å². The molecule has 1 aromatic heterocycles. The Morgan fingerprint density at radius 3 is 2.56 bits per heavy atom. The topological polar surface area (TPSA) is 58.4 Å². The number of fused-ring (bicyclic) bond motifs is 1. The minimum Gasteiger partial charge on any atom is -0.465 e. The molecule has 1 atom stereocenters. The molecule has 146 valence electrons. The Labute approximate surface area is 163 Å². The minimum atomic E-state index is -4.38. The van der Waals surface area contributed by atoms with Gasteiger partial charge in [0.05, 0.1) is 17.3 Å². The largest absolute Gasteiger partial charge is 0.465 e. The second-order valence-electron chi connectivity index (χ2n) is 6.15. The molecule has 3 rings (SSSR count). The van der Waals surface area contributed by atoms with E-state index in [0.717, 1.165) is 17.3 Å². The monoisotopic (exact) mass is 419 g/mol. The van der Waals surface area contributed by atoms with Crippen LogP contribution in [0.1, 0.15) is 29.3 Å². The zero-order chi connectivity index (χ0) is 19.8. The van der Waals surface area contributed by atoms with Gasteiger partial charge < -0.3 is 9.67 Å². The van der Waals surface area contributed by atoms with Gasteiger partial charge in [-0.05, 0) is 36.8 Å². The number of halogens is 4. The van der Waals surface area contributed by atoms with Gasteiger partial charge in [-0.2, -0.15) is 13.2 Å². The third-order valence-corrected chi connectivity index (χ3v) is 5.55. The van der Waals surface area contributed by atoms with Gasteiger partial charge in [-0.15, -0.1) is 0 Å². The predicted octanol–water partition coefficient (Wildman–Crippen LogP) is 4.94. The standard InChI is InChI=1S/C17H17ClF3N3O2S/c1-27-15-22-14(18)13-12(23(16(25)26)8-9-24(13)15)7-4-10-2-5-11(6-3-10)17(19,20)21/h2-3,5-6,12H,4,7-9H2,1H3,(H,25,26). The highest BCUT2D eigenvalue weighted by Gasteiger charge is 2.35. The molecule has 1 aliphatic heterocycles. The molecular weight excluding hydrogens is 403 g/mol. The molecule has 0 aliphatic carbocycles. The number of hydrogen-bond donors (Lipinski definition) is 1. The van der Waals surface area contributed by atoms with Crippen LogP contribution in [0.5, 0.6) is 0 Å².